The van der Waals surface area contributed by atoms with Gasteiger partial charge in [-0.05, 0) is 62.6 Å². The fourth-order valence-electron chi connectivity index (χ4n) is 3.50. The Bertz CT molecular complexity index is 1070. The van der Waals surface area contributed by atoms with Gasteiger partial charge >= 0.3 is 0 Å². The second-order valence-electron chi connectivity index (χ2n) is 7.09. The second-order valence-corrected chi connectivity index (χ2v) is 8.74. The Labute approximate surface area is 166 Å². The number of rotatable bonds is 7. The van der Waals surface area contributed by atoms with Crippen molar-refractivity contribution < 1.29 is 13.2 Å². The van der Waals surface area contributed by atoms with Gasteiger partial charge in [0.2, 0.25) is 10.0 Å². The molecule has 6 heteroatoms. The first kappa shape index (κ1) is 20.3. The highest BCUT2D eigenvalue weighted by Gasteiger charge is 2.23. The number of aryl methyl sites for hydroxylation is 3. The Hall–Kier alpha value is -2.44. The van der Waals surface area contributed by atoms with E-state index in [-0.39, 0.29) is 12.6 Å². The first-order chi connectivity index (χ1) is 13.3. The molecule has 5 nitrogen and oxygen atoms in total. The Kier molecular flexibility index (Phi) is 6.01. The number of hydrogen-bond acceptors (Lipinski definition) is 4. The highest BCUT2D eigenvalue weighted by atomic mass is 32.2. The molecule has 1 N–H and O–H groups in total. The summed E-state index contributed by atoms with van der Waals surface area (Å²) in [5.74, 6) is 0.700. The molecule has 0 amide bonds. The van der Waals surface area contributed by atoms with Gasteiger partial charge in [-0.25, -0.2) is 13.1 Å². The topological polar surface area (TPSA) is 68.3 Å². The Morgan fingerprint density at radius 2 is 1.79 bits per heavy atom. The molecular formula is C22H26N2O3S. The van der Waals surface area contributed by atoms with Crippen LogP contribution in [0, 0.1) is 20.8 Å². The van der Waals surface area contributed by atoms with E-state index in [1.165, 1.54) is 0 Å². The third kappa shape index (κ3) is 4.34. The molecule has 1 atom stereocenters. The maximum atomic E-state index is 13.0. The molecule has 3 rings (SSSR count). The van der Waals surface area contributed by atoms with Crippen LogP contribution in [0.25, 0.3) is 10.9 Å². The van der Waals surface area contributed by atoms with E-state index < -0.39 is 10.0 Å². The average Bonchev–Trinajstić information content (AvgIpc) is 2.63. The van der Waals surface area contributed by atoms with Gasteiger partial charge < -0.3 is 4.74 Å². The summed E-state index contributed by atoms with van der Waals surface area (Å²) < 4.78 is 34.8. The van der Waals surface area contributed by atoms with E-state index in [0.717, 1.165) is 27.6 Å². The zero-order chi connectivity index (χ0) is 20.3. The molecule has 2 aromatic carbocycles. The fourth-order valence-corrected chi connectivity index (χ4v) is 5.25. The van der Waals surface area contributed by atoms with Crippen LogP contribution in [-0.2, 0) is 10.0 Å². The third-order valence-corrected chi connectivity index (χ3v) is 6.56. The number of sulfonamides is 1. The monoisotopic (exact) mass is 398 g/mol. The predicted molar refractivity (Wildman–Crippen MR) is 112 cm³/mol. The lowest BCUT2D eigenvalue weighted by Crippen LogP contribution is -2.39. The highest BCUT2D eigenvalue weighted by Crippen LogP contribution is 2.25. The van der Waals surface area contributed by atoms with Crippen LogP contribution in [0.4, 0.5) is 0 Å². The van der Waals surface area contributed by atoms with Crippen molar-refractivity contribution in [2.75, 3.05) is 6.61 Å². The minimum absolute atomic E-state index is 0.244. The van der Waals surface area contributed by atoms with Gasteiger partial charge in [-0.15, -0.1) is 0 Å². The van der Waals surface area contributed by atoms with Crippen LogP contribution >= 0.6 is 0 Å². The molecule has 0 bridgehead atoms. The van der Waals surface area contributed by atoms with Crippen molar-refractivity contribution in [1.82, 2.24) is 9.71 Å². The van der Waals surface area contributed by atoms with Crippen molar-refractivity contribution in [3.05, 3.63) is 65.4 Å². The number of benzene rings is 2. The Morgan fingerprint density at radius 1 is 1.07 bits per heavy atom. The van der Waals surface area contributed by atoms with E-state index in [1.54, 1.807) is 6.20 Å². The average molecular weight is 399 g/mol. The van der Waals surface area contributed by atoms with Gasteiger partial charge in [-0.2, -0.15) is 0 Å². The summed E-state index contributed by atoms with van der Waals surface area (Å²) in [7, 11) is -3.64. The number of fused-ring (bicyclic) bond motifs is 1. The van der Waals surface area contributed by atoms with Crippen molar-refractivity contribution in [3.8, 4) is 5.75 Å². The van der Waals surface area contributed by atoms with Crippen LogP contribution in [0.1, 0.15) is 30.0 Å². The molecule has 0 saturated carbocycles. The third-order valence-electron chi connectivity index (χ3n) is 4.73. The standard InChI is InChI=1S/C22H26N2O3S/c1-5-18(14-27-21-10-6-9-20-19(21)8-7-11-23-20)24-28(25,26)22-16(3)12-15(2)13-17(22)4/h6-13,18,24H,5,14H2,1-4H3. The second kappa shape index (κ2) is 8.29. The molecule has 1 heterocycles. The summed E-state index contributed by atoms with van der Waals surface area (Å²) in [6, 6.07) is 12.9. The van der Waals surface area contributed by atoms with Crippen LogP contribution in [-0.4, -0.2) is 26.1 Å². The van der Waals surface area contributed by atoms with Gasteiger partial charge in [0.1, 0.15) is 12.4 Å². The van der Waals surface area contributed by atoms with Crippen molar-refractivity contribution in [2.24, 2.45) is 0 Å². The largest absolute Gasteiger partial charge is 0.491 e. The quantitative estimate of drug-likeness (QED) is 0.644. The summed E-state index contributed by atoms with van der Waals surface area (Å²) in [6.45, 7) is 7.81. The van der Waals surface area contributed by atoms with Crippen molar-refractivity contribution in [1.29, 1.82) is 0 Å². The van der Waals surface area contributed by atoms with E-state index in [4.69, 9.17) is 4.74 Å². The van der Waals surface area contributed by atoms with E-state index in [2.05, 4.69) is 9.71 Å². The predicted octanol–water partition coefficient (Wildman–Crippen LogP) is 4.30. The van der Waals surface area contributed by atoms with E-state index in [1.807, 2.05) is 70.2 Å². The maximum Gasteiger partial charge on any atom is 0.241 e. The highest BCUT2D eigenvalue weighted by molar-refractivity contribution is 7.89. The number of nitrogens with zero attached hydrogens (tertiary/aromatic N) is 1. The van der Waals surface area contributed by atoms with E-state index in [0.29, 0.717) is 17.1 Å². The van der Waals surface area contributed by atoms with Gasteiger partial charge in [-0.1, -0.05) is 30.7 Å². The van der Waals surface area contributed by atoms with Gasteiger partial charge in [0, 0.05) is 11.6 Å². The minimum Gasteiger partial charge on any atom is -0.491 e. The number of aromatic nitrogens is 1. The molecule has 0 radical (unpaired) electrons. The molecule has 0 spiro atoms. The number of pyridine rings is 1. The lowest BCUT2D eigenvalue weighted by Gasteiger charge is -2.20. The molecule has 0 saturated heterocycles. The van der Waals surface area contributed by atoms with Crippen LogP contribution in [0.2, 0.25) is 0 Å². The van der Waals surface area contributed by atoms with Gasteiger partial charge in [-0.3, -0.25) is 4.98 Å². The molecule has 0 aliphatic carbocycles. The first-order valence-electron chi connectivity index (χ1n) is 9.38. The van der Waals surface area contributed by atoms with Crippen molar-refractivity contribution in [2.45, 2.75) is 45.1 Å². The normalized spacial score (nSPS) is 12.9. The summed E-state index contributed by atoms with van der Waals surface area (Å²) in [4.78, 5) is 4.68. The van der Waals surface area contributed by atoms with E-state index in [9.17, 15) is 8.42 Å². The summed E-state index contributed by atoms with van der Waals surface area (Å²) in [5.41, 5.74) is 3.40. The molecule has 0 fully saturated rings. The molecule has 0 aliphatic heterocycles. The maximum absolute atomic E-state index is 13.0. The van der Waals surface area contributed by atoms with Crippen molar-refractivity contribution in [3.63, 3.8) is 0 Å². The smallest absolute Gasteiger partial charge is 0.241 e. The molecule has 1 aromatic heterocycles. The van der Waals surface area contributed by atoms with Crippen LogP contribution in [0.3, 0.4) is 0 Å². The Balaban J connectivity index is 1.79. The van der Waals surface area contributed by atoms with Crippen LogP contribution in [0.5, 0.6) is 5.75 Å². The lowest BCUT2D eigenvalue weighted by molar-refractivity contribution is 0.278. The zero-order valence-corrected chi connectivity index (χ0v) is 17.5. The SMILES string of the molecule is CCC(COc1cccc2ncccc12)NS(=O)(=O)c1c(C)cc(C)cc1C. The Morgan fingerprint density at radius 3 is 2.46 bits per heavy atom. The molecule has 28 heavy (non-hydrogen) atoms. The van der Waals surface area contributed by atoms with Gasteiger partial charge in [0.05, 0.1) is 16.5 Å². The first-order valence-corrected chi connectivity index (χ1v) is 10.9. The van der Waals surface area contributed by atoms with E-state index >= 15 is 0 Å². The number of ether oxygens (including phenoxy) is 1. The van der Waals surface area contributed by atoms with Crippen LogP contribution < -0.4 is 9.46 Å². The van der Waals surface area contributed by atoms with Gasteiger partial charge in [0.25, 0.3) is 0 Å². The molecule has 0 aliphatic rings. The summed E-state index contributed by atoms with van der Waals surface area (Å²) in [6.07, 6.45) is 2.35. The molecule has 148 valence electrons. The minimum atomic E-state index is -3.64. The molecular weight excluding hydrogens is 372 g/mol. The summed E-state index contributed by atoms with van der Waals surface area (Å²) in [5, 5.41) is 0.910. The molecule has 1 unspecified atom stereocenters. The zero-order valence-electron chi connectivity index (χ0n) is 16.7. The van der Waals surface area contributed by atoms with Crippen molar-refractivity contribution >= 4 is 20.9 Å². The number of hydrogen-bond donors (Lipinski definition) is 1. The van der Waals surface area contributed by atoms with Crippen LogP contribution in [0.15, 0.2) is 53.6 Å². The van der Waals surface area contributed by atoms with Gasteiger partial charge in [0.15, 0.2) is 0 Å². The number of nitrogens with one attached hydrogen (secondary N) is 1. The summed E-state index contributed by atoms with van der Waals surface area (Å²) >= 11 is 0. The molecule has 3 aromatic rings. The fraction of sp³-hybridized carbons (Fsp3) is 0.318. The lowest BCUT2D eigenvalue weighted by atomic mass is 10.1.